The molecule has 3 rings (SSSR count). The first-order valence-electron chi connectivity index (χ1n) is 9.67. The van der Waals surface area contributed by atoms with Gasteiger partial charge in [-0.15, -0.1) is 11.8 Å². The molecule has 0 atom stereocenters. The van der Waals surface area contributed by atoms with Crippen molar-refractivity contribution >= 4 is 52.6 Å². The van der Waals surface area contributed by atoms with E-state index in [0.717, 1.165) is 9.90 Å². The molecule has 0 unspecified atom stereocenters. The molecule has 0 bridgehead atoms. The Morgan fingerprint density at radius 2 is 1.75 bits per heavy atom. The Bertz CT molecular complexity index is 1080. The Balaban J connectivity index is 1.63. The predicted octanol–water partition coefficient (Wildman–Crippen LogP) is 2.56. The third-order valence-corrected chi connectivity index (χ3v) is 5.38. The fourth-order valence-corrected chi connectivity index (χ4v) is 3.53. The summed E-state index contributed by atoms with van der Waals surface area (Å²) >= 11 is 1.43. The quantitative estimate of drug-likeness (QED) is 0.374. The number of anilines is 2. The van der Waals surface area contributed by atoms with Crippen LogP contribution in [0.15, 0.2) is 47.4 Å². The van der Waals surface area contributed by atoms with Crippen molar-refractivity contribution in [3.8, 4) is 0 Å². The van der Waals surface area contributed by atoms with E-state index >= 15 is 0 Å². The van der Waals surface area contributed by atoms with Gasteiger partial charge >= 0.3 is 5.97 Å². The maximum atomic E-state index is 12.5. The zero-order valence-corrected chi connectivity index (χ0v) is 18.3. The lowest BCUT2D eigenvalue weighted by Gasteiger charge is -2.27. The Labute approximate surface area is 188 Å². The van der Waals surface area contributed by atoms with Gasteiger partial charge in [0.05, 0.1) is 16.9 Å². The standard InChI is InChI=1S/C22H21N3O6S/c1-13(26)23-17-11-15(5-8-19(17)32-2)18(27)12-31-22(30)14-3-6-16(7-4-14)25-21(29)10-9-20(28)24-25/h3-8,11H,9-10,12H2,1-2H3,(H,23,26)(H,24,28). The fourth-order valence-electron chi connectivity index (χ4n) is 3.00. The Hall–Kier alpha value is -3.66. The van der Waals surface area contributed by atoms with E-state index in [4.69, 9.17) is 4.74 Å². The summed E-state index contributed by atoms with van der Waals surface area (Å²) in [7, 11) is 0. The van der Waals surface area contributed by atoms with E-state index in [1.165, 1.54) is 43.0 Å². The fraction of sp³-hybridized carbons (Fsp3) is 0.227. The monoisotopic (exact) mass is 455 g/mol. The molecule has 0 spiro atoms. The molecule has 32 heavy (non-hydrogen) atoms. The molecule has 0 saturated carbocycles. The summed E-state index contributed by atoms with van der Waals surface area (Å²) in [6.45, 7) is 0.903. The molecule has 10 heteroatoms. The topological polar surface area (TPSA) is 122 Å². The minimum atomic E-state index is -0.707. The van der Waals surface area contributed by atoms with Gasteiger partial charge in [0.2, 0.25) is 17.7 Å². The van der Waals surface area contributed by atoms with Crippen LogP contribution in [0, 0.1) is 0 Å². The van der Waals surface area contributed by atoms with E-state index in [0.29, 0.717) is 16.9 Å². The van der Waals surface area contributed by atoms with Gasteiger partial charge in [-0.25, -0.2) is 9.80 Å². The zero-order chi connectivity index (χ0) is 23.3. The Morgan fingerprint density at radius 1 is 1.06 bits per heavy atom. The molecule has 0 radical (unpaired) electrons. The van der Waals surface area contributed by atoms with E-state index in [-0.39, 0.29) is 36.1 Å². The van der Waals surface area contributed by atoms with Crippen LogP contribution >= 0.6 is 11.8 Å². The second-order valence-corrected chi connectivity index (χ2v) is 7.75. The normalized spacial score (nSPS) is 13.4. The van der Waals surface area contributed by atoms with Crippen molar-refractivity contribution in [1.82, 2.24) is 5.43 Å². The van der Waals surface area contributed by atoms with E-state index < -0.39 is 18.4 Å². The third kappa shape index (κ3) is 5.52. The molecule has 166 valence electrons. The van der Waals surface area contributed by atoms with Gasteiger partial charge in [0.1, 0.15) is 0 Å². The van der Waals surface area contributed by atoms with Gasteiger partial charge in [-0.2, -0.15) is 0 Å². The van der Waals surface area contributed by atoms with Crippen molar-refractivity contribution in [2.75, 3.05) is 23.2 Å². The van der Waals surface area contributed by atoms with Crippen molar-refractivity contribution in [2.24, 2.45) is 0 Å². The number of thioether (sulfide) groups is 1. The molecule has 2 N–H and O–H groups in total. The number of carbonyl (C=O) groups excluding carboxylic acids is 5. The van der Waals surface area contributed by atoms with Crippen LogP contribution in [0.2, 0.25) is 0 Å². The van der Waals surface area contributed by atoms with Gasteiger partial charge in [-0.05, 0) is 42.7 Å². The number of amides is 3. The number of carbonyl (C=O) groups is 5. The number of ether oxygens (including phenoxy) is 1. The van der Waals surface area contributed by atoms with Crippen molar-refractivity contribution < 1.29 is 28.7 Å². The Morgan fingerprint density at radius 3 is 2.41 bits per heavy atom. The van der Waals surface area contributed by atoms with Gasteiger partial charge < -0.3 is 10.1 Å². The van der Waals surface area contributed by atoms with Gasteiger partial charge in [0, 0.05) is 30.2 Å². The second-order valence-electron chi connectivity index (χ2n) is 6.91. The molecule has 1 aliphatic heterocycles. The van der Waals surface area contributed by atoms with Crippen molar-refractivity contribution in [3.05, 3.63) is 53.6 Å². The number of nitrogens with zero attached hydrogens (tertiary/aromatic N) is 1. The highest BCUT2D eigenvalue weighted by molar-refractivity contribution is 7.98. The first kappa shape index (κ1) is 23.0. The van der Waals surface area contributed by atoms with Crippen LogP contribution < -0.4 is 15.8 Å². The highest BCUT2D eigenvalue weighted by atomic mass is 32.2. The van der Waals surface area contributed by atoms with E-state index in [1.807, 2.05) is 6.26 Å². The zero-order valence-electron chi connectivity index (χ0n) is 17.5. The first-order chi connectivity index (χ1) is 15.3. The highest BCUT2D eigenvalue weighted by Crippen LogP contribution is 2.27. The first-order valence-corrected chi connectivity index (χ1v) is 10.9. The minimum absolute atomic E-state index is 0.110. The summed E-state index contributed by atoms with van der Waals surface area (Å²) in [6.07, 6.45) is 2.10. The Kier molecular flexibility index (Phi) is 7.26. The van der Waals surface area contributed by atoms with Crippen LogP contribution in [0.4, 0.5) is 11.4 Å². The summed E-state index contributed by atoms with van der Waals surface area (Å²) in [5.74, 6) is -1.90. The lowest BCUT2D eigenvalue weighted by molar-refractivity contribution is -0.130. The number of ketones is 1. The smallest absolute Gasteiger partial charge is 0.338 e. The lowest BCUT2D eigenvalue weighted by atomic mass is 10.1. The molecular weight excluding hydrogens is 434 g/mol. The lowest BCUT2D eigenvalue weighted by Crippen LogP contribution is -2.50. The average Bonchev–Trinajstić information content (AvgIpc) is 2.78. The van der Waals surface area contributed by atoms with Gasteiger partial charge in [0.25, 0.3) is 0 Å². The molecule has 0 aliphatic carbocycles. The van der Waals surface area contributed by atoms with Crippen LogP contribution in [0.5, 0.6) is 0 Å². The van der Waals surface area contributed by atoms with Crippen LogP contribution in [0.25, 0.3) is 0 Å². The minimum Gasteiger partial charge on any atom is -0.454 e. The molecule has 0 aromatic heterocycles. The second kappa shape index (κ2) is 10.1. The predicted molar refractivity (Wildman–Crippen MR) is 118 cm³/mol. The summed E-state index contributed by atoms with van der Waals surface area (Å²) in [4.78, 5) is 60.4. The molecule has 1 fully saturated rings. The molecule has 1 aliphatic rings. The molecule has 9 nitrogen and oxygen atoms in total. The van der Waals surface area contributed by atoms with Crippen molar-refractivity contribution in [1.29, 1.82) is 0 Å². The number of nitrogens with one attached hydrogen (secondary N) is 2. The van der Waals surface area contributed by atoms with Crippen molar-refractivity contribution in [3.63, 3.8) is 0 Å². The SMILES string of the molecule is CSc1ccc(C(=O)COC(=O)c2ccc(N3NC(=O)CCC3=O)cc2)cc1NC(C)=O. The highest BCUT2D eigenvalue weighted by Gasteiger charge is 2.24. The number of esters is 1. The number of hydrogen-bond acceptors (Lipinski definition) is 7. The average molecular weight is 455 g/mol. The number of benzene rings is 2. The van der Waals surface area contributed by atoms with Crippen LogP contribution in [-0.2, 0) is 19.1 Å². The third-order valence-electron chi connectivity index (χ3n) is 4.58. The van der Waals surface area contributed by atoms with Crippen LogP contribution in [0.1, 0.15) is 40.5 Å². The molecule has 1 saturated heterocycles. The maximum Gasteiger partial charge on any atom is 0.338 e. The molecule has 2 aromatic carbocycles. The molecule has 1 heterocycles. The van der Waals surface area contributed by atoms with Crippen LogP contribution in [-0.4, -0.2) is 42.3 Å². The summed E-state index contributed by atoms with van der Waals surface area (Å²) in [6, 6.07) is 10.8. The van der Waals surface area contributed by atoms with Crippen LogP contribution in [0.3, 0.4) is 0 Å². The summed E-state index contributed by atoms with van der Waals surface area (Å²) < 4.78 is 5.11. The molecule has 2 aromatic rings. The van der Waals surface area contributed by atoms with E-state index in [9.17, 15) is 24.0 Å². The van der Waals surface area contributed by atoms with Gasteiger partial charge in [-0.3, -0.25) is 24.6 Å². The van der Waals surface area contributed by atoms with Gasteiger partial charge in [0.15, 0.2) is 12.4 Å². The number of hydrogen-bond donors (Lipinski definition) is 2. The summed E-state index contributed by atoms with van der Waals surface area (Å²) in [5, 5.41) is 3.81. The van der Waals surface area contributed by atoms with E-state index in [1.54, 1.807) is 18.2 Å². The largest absolute Gasteiger partial charge is 0.454 e. The maximum absolute atomic E-state index is 12.5. The van der Waals surface area contributed by atoms with Gasteiger partial charge in [-0.1, -0.05) is 6.07 Å². The summed E-state index contributed by atoms with van der Waals surface area (Å²) in [5.41, 5.74) is 3.88. The molecule has 3 amide bonds. The number of rotatable bonds is 7. The number of hydrazine groups is 1. The van der Waals surface area contributed by atoms with Crippen molar-refractivity contribution in [2.45, 2.75) is 24.7 Å². The number of Topliss-reactive ketones (excluding diaryl/α,β-unsaturated/α-hetero) is 1. The van der Waals surface area contributed by atoms with E-state index in [2.05, 4.69) is 10.7 Å². The molecular formula is C22H21N3O6S.